The van der Waals surface area contributed by atoms with Crippen LogP contribution in [0.1, 0.15) is 39.5 Å². The van der Waals surface area contributed by atoms with Crippen LogP contribution in [0.5, 0.6) is 0 Å². The van der Waals surface area contributed by atoms with Crippen LogP contribution in [0.4, 0.5) is 16.2 Å². The van der Waals surface area contributed by atoms with Crippen LogP contribution in [0.25, 0.3) is 0 Å². The van der Waals surface area contributed by atoms with Crippen LogP contribution in [0, 0.1) is 0 Å². The van der Waals surface area contributed by atoms with E-state index in [9.17, 15) is 29.1 Å². The molecule has 1 aliphatic rings. The lowest BCUT2D eigenvalue weighted by Gasteiger charge is -2.29. The fourth-order valence-corrected chi connectivity index (χ4v) is 5.24. The highest BCUT2D eigenvalue weighted by Crippen LogP contribution is 2.28. The molecule has 0 aromatic heterocycles. The lowest BCUT2D eigenvalue weighted by molar-refractivity contribution is -0.137. The normalized spacial score (nSPS) is 14.7. The molecular formula is C35H33N5O6. The summed E-state index contributed by atoms with van der Waals surface area (Å²) >= 11 is 0. The molecule has 0 spiro atoms. The lowest BCUT2D eigenvalue weighted by Crippen LogP contribution is -2.51. The number of benzene rings is 4. The molecule has 5 rings (SSSR count). The first-order valence-electron chi connectivity index (χ1n) is 14.7. The van der Waals surface area contributed by atoms with Crippen LogP contribution in [0.2, 0.25) is 0 Å². The molecule has 11 nitrogen and oxygen atoms in total. The largest absolute Gasteiger partial charge is 0.481 e. The highest BCUT2D eigenvalue weighted by Gasteiger charge is 2.37. The Hall–Kier alpha value is -5.97. The van der Waals surface area contributed by atoms with E-state index in [2.05, 4.69) is 21.3 Å². The van der Waals surface area contributed by atoms with E-state index in [-0.39, 0.29) is 24.1 Å². The van der Waals surface area contributed by atoms with Gasteiger partial charge in [0.1, 0.15) is 12.6 Å². The van der Waals surface area contributed by atoms with Crippen molar-refractivity contribution in [1.82, 2.24) is 15.5 Å². The molecule has 11 heteroatoms. The molecule has 0 radical (unpaired) electrons. The number of aliphatic carboxylic acids is 1. The van der Waals surface area contributed by atoms with Crippen molar-refractivity contribution < 1.29 is 29.1 Å². The van der Waals surface area contributed by atoms with E-state index in [1.165, 1.54) is 17.0 Å². The van der Waals surface area contributed by atoms with Crippen molar-refractivity contribution in [3.63, 3.8) is 0 Å². The molecule has 0 saturated heterocycles. The maximum Gasteiger partial charge on any atom is 0.319 e. The Morgan fingerprint density at radius 1 is 0.826 bits per heavy atom. The van der Waals surface area contributed by atoms with E-state index in [4.69, 9.17) is 0 Å². The fraction of sp³-hybridized carbons (Fsp3) is 0.171. The molecule has 5 amide bonds. The standard InChI is InChI=1S/C35H33N5O6/c41-31(38-29(20-32(42)43)25-14-8-3-9-15-25)22-40-30(18-23-10-4-1-5-11-23)33(44)39-28-17-16-26(19-27(28)34(40)45)37-35(46)36-21-24-12-6-2-7-13-24/h1-17,19,29-30H,18,20-22H2,(H,38,41)(H,39,44)(H,42,43)(H2,36,37,46). The number of nitrogens with zero attached hydrogens (tertiary/aromatic N) is 1. The Balaban J connectivity index is 1.39. The molecule has 4 aromatic rings. The van der Waals surface area contributed by atoms with Crippen molar-refractivity contribution in [1.29, 1.82) is 0 Å². The Morgan fingerprint density at radius 3 is 2.11 bits per heavy atom. The SMILES string of the molecule is O=C(O)CC(NC(=O)CN1C(=O)c2cc(NC(=O)NCc3ccccc3)ccc2NC(=O)C1Cc1ccccc1)c1ccccc1. The van der Waals surface area contributed by atoms with Crippen molar-refractivity contribution in [2.75, 3.05) is 17.2 Å². The van der Waals surface area contributed by atoms with Crippen LogP contribution in [-0.4, -0.2) is 52.3 Å². The minimum Gasteiger partial charge on any atom is -0.481 e. The zero-order valence-electron chi connectivity index (χ0n) is 24.8. The first-order valence-corrected chi connectivity index (χ1v) is 14.7. The molecule has 46 heavy (non-hydrogen) atoms. The van der Waals surface area contributed by atoms with Crippen LogP contribution in [-0.2, 0) is 27.3 Å². The van der Waals surface area contributed by atoms with Gasteiger partial charge in [-0.15, -0.1) is 0 Å². The van der Waals surface area contributed by atoms with Crippen LogP contribution < -0.4 is 21.3 Å². The predicted molar refractivity (Wildman–Crippen MR) is 172 cm³/mol. The Bertz CT molecular complexity index is 1720. The Kier molecular flexibility index (Phi) is 10.0. The third kappa shape index (κ3) is 8.14. The maximum atomic E-state index is 14.1. The highest BCUT2D eigenvalue weighted by molar-refractivity contribution is 6.11. The third-order valence-corrected chi connectivity index (χ3v) is 7.50. The van der Waals surface area contributed by atoms with Gasteiger partial charge in [0.2, 0.25) is 11.8 Å². The van der Waals surface area contributed by atoms with Crippen molar-refractivity contribution in [2.24, 2.45) is 0 Å². The molecule has 1 heterocycles. The minimum absolute atomic E-state index is 0.0858. The molecule has 4 aromatic carbocycles. The molecule has 5 N–H and O–H groups in total. The molecule has 0 aliphatic carbocycles. The fourth-order valence-electron chi connectivity index (χ4n) is 5.24. The molecule has 2 atom stereocenters. The van der Waals surface area contributed by atoms with Gasteiger partial charge in [-0.3, -0.25) is 19.2 Å². The molecule has 0 fully saturated rings. The second kappa shape index (κ2) is 14.7. The van der Waals surface area contributed by atoms with Gasteiger partial charge in [0.15, 0.2) is 0 Å². The summed E-state index contributed by atoms with van der Waals surface area (Å²) in [7, 11) is 0. The van der Waals surface area contributed by atoms with Gasteiger partial charge in [-0.1, -0.05) is 91.0 Å². The van der Waals surface area contributed by atoms with Gasteiger partial charge in [-0.05, 0) is 34.9 Å². The Labute approximate surface area is 265 Å². The minimum atomic E-state index is -1.11. The number of carbonyl (C=O) groups excluding carboxylic acids is 4. The number of carbonyl (C=O) groups is 5. The topological polar surface area (TPSA) is 157 Å². The van der Waals surface area contributed by atoms with E-state index in [0.717, 1.165) is 11.1 Å². The molecule has 2 unspecified atom stereocenters. The van der Waals surface area contributed by atoms with Crippen molar-refractivity contribution in [3.8, 4) is 0 Å². The first-order chi connectivity index (χ1) is 22.3. The summed E-state index contributed by atoms with van der Waals surface area (Å²) in [6.45, 7) is -0.218. The number of urea groups is 1. The number of carboxylic acids is 1. The summed E-state index contributed by atoms with van der Waals surface area (Å²) in [6, 6.07) is 29.3. The summed E-state index contributed by atoms with van der Waals surface area (Å²) in [5.41, 5.74) is 2.90. The monoisotopic (exact) mass is 619 g/mol. The van der Waals surface area contributed by atoms with Crippen molar-refractivity contribution in [3.05, 3.63) is 131 Å². The van der Waals surface area contributed by atoms with Crippen LogP contribution in [0.3, 0.4) is 0 Å². The average Bonchev–Trinajstić information content (AvgIpc) is 3.15. The van der Waals surface area contributed by atoms with Gasteiger partial charge in [0.25, 0.3) is 5.91 Å². The third-order valence-electron chi connectivity index (χ3n) is 7.50. The second-order valence-electron chi connectivity index (χ2n) is 10.8. The highest BCUT2D eigenvalue weighted by atomic mass is 16.4. The van der Waals surface area contributed by atoms with Gasteiger partial charge in [0, 0.05) is 18.7 Å². The second-order valence-corrected chi connectivity index (χ2v) is 10.8. The van der Waals surface area contributed by atoms with E-state index in [1.54, 1.807) is 36.4 Å². The maximum absolute atomic E-state index is 14.1. The summed E-state index contributed by atoms with van der Waals surface area (Å²) < 4.78 is 0. The van der Waals surface area contributed by atoms with Gasteiger partial charge in [-0.25, -0.2) is 4.79 Å². The Morgan fingerprint density at radius 2 is 1.46 bits per heavy atom. The summed E-state index contributed by atoms with van der Waals surface area (Å²) in [5, 5.41) is 20.5. The zero-order chi connectivity index (χ0) is 32.5. The molecule has 234 valence electrons. The lowest BCUT2D eigenvalue weighted by atomic mass is 10.0. The van der Waals surface area contributed by atoms with Gasteiger partial charge in [-0.2, -0.15) is 0 Å². The van der Waals surface area contributed by atoms with Gasteiger partial charge >= 0.3 is 12.0 Å². The number of hydrogen-bond donors (Lipinski definition) is 5. The summed E-state index contributed by atoms with van der Waals surface area (Å²) in [5.74, 6) is -2.84. The molecule has 1 aliphatic heterocycles. The van der Waals surface area contributed by atoms with Crippen LogP contribution >= 0.6 is 0 Å². The van der Waals surface area contributed by atoms with Crippen LogP contribution in [0.15, 0.2) is 109 Å². The molecule has 0 bridgehead atoms. The number of carboxylic acid groups (broad SMARTS) is 1. The predicted octanol–water partition coefficient (Wildman–Crippen LogP) is 4.35. The number of anilines is 2. The van der Waals surface area contributed by atoms with Gasteiger partial charge < -0.3 is 31.3 Å². The van der Waals surface area contributed by atoms with E-state index in [1.807, 2.05) is 60.7 Å². The van der Waals surface area contributed by atoms with Crippen molar-refractivity contribution in [2.45, 2.75) is 31.5 Å². The molecule has 0 saturated carbocycles. The van der Waals surface area contributed by atoms with E-state index >= 15 is 0 Å². The summed E-state index contributed by atoms with van der Waals surface area (Å²) in [4.78, 5) is 66.6. The quantitative estimate of drug-likeness (QED) is 0.168. The first kappa shape index (κ1) is 31.5. The number of hydrogen-bond acceptors (Lipinski definition) is 5. The number of amides is 5. The van der Waals surface area contributed by atoms with E-state index in [0.29, 0.717) is 17.8 Å². The van der Waals surface area contributed by atoms with Crippen molar-refractivity contribution >= 4 is 41.1 Å². The number of fused-ring (bicyclic) bond motifs is 1. The molecular weight excluding hydrogens is 586 g/mol. The smallest absolute Gasteiger partial charge is 0.319 e. The summed E-state index contributed by atoms with van der Waals surface area (Å²) in [6.07, 6.45) is -0.244. The van der Waals surface area contributed by atoms with Gasteiger partial charge in [0.05, 0.1) is 23.7 Å². The average molecular weight is 620 g/mol. The number of rotatable bonds is 11. The zero-order valence-corrected chi connectivity index (χ0v) is 24.8. The number of nitrogens with one attached hydrogen (secondary N) is 4. The van der Waals surface area contributed by atoms with E-state index < -0.39 is 48.4 Å².